The first-order chi connectivity index (χ1) is 11.5. The summed E-state index contributed by atoms with van der Waals surface area (Å²) < 4.78 is 0. The number of amides is 1. The van der Waals surface area contributed by atoms with Crippen molar-refractivity contribution in [3.05, 3.63) is 52.7 Å². The normalized spacial score (nSPS) is 14.5. The second-order valence-corrected chi connectivity index (χ2v) is 5.47. The van der Waals surface area contributed by atoms with Crippen LogP contribution < -0.4 is 4.90 Å². The van der Waals surface area contributed by atoms with Gasteiger partial charge in [0.15, 0.2) is 0 Å². The van der Waals surface area contributed by atoms with Crippen LogP contribution in [0.25, 0.3) is 11.1 Å². The molecule has 24 heavy (non-hydrogen) atoms. The number of nitro groups is 1. The van der Waals surface area contributed by atoms with Crippen molar-refractivity contribution in [3.8, 4) is 11.1 Å². The lowest BCUT2D eigenvalue weighted by Gasteiger charge is -2.33. The molecule has 0 radical (unpaired) electrons. The van der Waals surface area contributed by atoms with Gasteiger partial charge in [-0.3, -0.25) is 10.1 Å². The third kappa shape index (κ3) is 3.27. The molecule has 1 aromatic carbocycles. The highest BCUT2D eigenvalue weighted by Gasteiger charge is 2.21. The van der Waals surface area contributed by atoms with Crippen molar-refractivity contribution in [1.82, 2.24) is 9.88 Å². The standard InChI is InChI=1S/C16H16N4O4/c21-16(22)19-9-7-18(8-10-19)15-6-3-13(11-17-15)12-1-4-14(5-2-12)20(23)24/h1-6,11H,7-10H2,(H,21,22). The third-order valence-electron chi connectivity index (χ3n) is 4.03. The highest BCUT2D eigenvalue weighted by atomic mass is 16.6. The average Bonchev–Trinajstić information content (AvgIpc) is 2.62. The largest absolute Gasteiger partial charge is 0.465 e. The second-order valence-electron chi connectivity index (χ2n) is 5.47. The number of nitro benzene ring substituents is 1. The van der Waals surface area contributed by atoms with Crippen LogP contribution in [0.5, 0.6) is 0 Å². The fraction of sp³-hybridized carbons (Fsp3) is 0.250. The summed E-state index contributed by atoms with van der Waals surface area (Å²) in [7, 11) is 0. The Balaban J connectivity index is 1.69. The molecule has 8 nitrogen and oxygen atoms in total. The number of hydrogen-bond donors (Lipinski definition) is 1. The van der Waals surface area contributed by atoms with Gasteiger partial charge in [-0.25, -0.2) is 9.78 Å². The van der Waals surface area contributed by atoms with Crippen LogP contribution in [-0.4, -0.2) is 52.2 Å². The van der Waals surface area contributed by atoms with E-state index in [9.17, 15) is 14.9 Å². The minimum Gasteiger partial charge on any atom is -0.465 e. The van der Waals surface area contributed by atoms with Gasteiger partial charge in [0.05, 0.1) is 4.92 Å². The maximum atomic E-state index is 10.9. The van der Waals surface area contributed by atoms with Crippen molar-refractivity contribution in [3.63, 3.8) is 0 Å². The maximum absolute atomic E-state index is 10.9. The summed E-state index contributed by atoms with van der Waals surface area (Å²) in [5.41, 5.74) is 1.78. The van der Waals surface area contributed by atoms with Gasteiger partial charge in [0, 0.05) is 50.1 Å². The van der Waals surface area contributed by atoms with Crippen LogP contribution in [0, 0.1) is 10.1 Å². The van der Waals surface area contributed by atoms with E-state index in [0.717, 1.165) is 16.9 Å². The Labute approximate surface area is 138 Å². The fourth-order valence-corrected chi connectivity index (χ4v) is 2.65. The summed E-state index contributed by atoms with van der Waals surface area (Å²) in [6.45, 7) is 2.13. The van der Waals surface area contributed by atoms with Crippen LogP contribution in [0.1, 0.15) is 0 Å². The quantitative estimate of drug-likeness (QED) is 0.686. The van der Waals surface area contributed by atoms with E-state index in [2.05, 4.69) is 4.98 Å². The maximum Gasteiger partial charge on any atom is 0.407 e. The van der Waals surface area contributed by atoms with Crippen molar-refractivity contribution in [1.29, 1.82) is 0 Å². The summed E-state index contributed by atoms with van der Waals surface area (Å²) in [5.74, 6) is 0.797. The van der Waals surface area contributed by atoms with Crippen LogP contribution in [-0.2, 0) is 0 Å². The van der Waals surface area contributed by atoms with E-state index in [0.29, 0.717) is 26.2 Å². The van der Waals surface area contributed by atoms with E-state index in [4.69, 9.17) is 5.11 Å². The molecular formula is C16H16N4O4. The number of nitrogens with zero attached hydrogens (tertiary/aromatic N) is 4. The van der Waals surface area contributed by atoms with Crippen LogP contribution in [0.15, 0.2) is 42.6 Å². The Morgan fingerprint density at radius 3 is 2.17 bits per heavy atom. The number of carbonyl (C=O) groups is 1. The van der Waals surface area contributed by atoms with E-state index >= 15 is 0 Å². The molecule has 0 unspecified atom stereocenters. The Morgan fingerprint density at radius 2 is 1.67 bits per heavy atom. The SMILES string of the molecule is O=C(O)N1CCN(c2ccc(-c3ccc([N+](=O)[O-])cc3)cn2)CC1. The first kappa shape index (κ1) is 15.7. The first-order valence-electron chi connectivity index (χ1n) is 7.48. The van der Waals surface area contributed by atoms with E-state index < -0.39 is 11.0 Å². The van der Waals surface area contributed by atoms with Crippen molar-refractivity contribution in [2.24, 2.45) is 0 Å². The van der Waals surface area contributed by atoms with Gasteiger partial charge in [-0.15, -0.1) is 0 Å². The van der Waals surface area contributed by atoms with Gasteiger partial charge in [0.2, 0.25) is 0 Å². The van der Waals surface area contributed by atoms with Gasteiger partial charge >= 0.3 is 6.09 Å². The monoisotopic (exact) mass is 328 g/mol. The number of hydrogen-bond acceptors (Lipinski definition) is 5. The van der Waals surface area contributed by atoms with Gasteiger partial charge in [-0.2, -0.15) is 0 Å². The molecule has 3 rings (SSSR count). The van der Waals surface area contributed by atoms with Crippen LogP contribution in [0.3, 0.4) is 0 Å². The van der Waals surface area contributed by atoms with Crippen LogP contribution in [0.4, 0.5) is 16.3 Å². The summed E-state index contributed by atoms with van der Waals surface area (Å²) in [5, 5.41) is 19.6. The molecule has 2 aromatic rings. The highest BCUT2D eigenvalue weighted by Crippen LogP contribution is 2.23. The lowest BCUT2D eigenvalue weighted by Crippen LogP contribution is -2.48. The van der Waals surface area contributed by atoms with E-state index in [1.54, 1.807) is 18.3 Å². The number of anilines is 1. The predicted octanol–water partition coefficient (Wildman–Crippen LogP) is 2.46. The zero-order chi connectivity index (χ0) is 17.1. The molecule has 1 aliphatic heterocycles. The smallest absolute Gasteiger partial charge is 0.407 e. The minimum absolute atomic E-state index is 0.0552. The molecule has 2 heterocycles. The number of benzene rings is 1. The highest BCUT2D eigenvalue weighted by molar-refractivity contribution is 5.66. The number of piperazine rings is 1. The molecule has 1 N–H and O–H groups in total. The van der Waals surface area contributed by atoms with Crippen molar-refractivity contribution in [2.45, 2.75) is 0 Å². The van der Waals surface area contributed by atoms with Crippen LogP contribution >= 0.6 is 0 Å². The molecule has 0 spiro atoms. The number of carboxylic acid groups (broad SMARTS) is 1. The van der Waals surface area contributed by atoms with Crippen LogP contribution in [0.2, 0.25) is 0 Å². The molecular weight excluding hydrogens is 312 g/mol. The first-order valence-corrected chi connectivity index (χ1v) is 7.48. The van der Waals surface area contributed by atoms with Gasteiger partial charge in [0.25, 0.3) is 5.69 Å². The number of aromatic nitrogens is 1. The second kappa shape index (κ2) is 6.53. The zero-order valence-corrected chi connectivity index (χ0v) is 12.8. The van der Waals surface area contributed by atoms with Gasteiger partial charge in [-0.1, -0.05) is 0 Å². The summed E-state index contributed by atoms with van der Waals surface area (Å²) in [4.78, 5) is 29.0. The average molecular weight is 328 g/mol. The Morgan fingerprint density at radius 1 is 1.04 bits per heavy atom. The number of pyridine rings is 1. The van der Waals surface area contributed by atoms with Crippen molar-refractivity contribution in [2.75, 3.05) is 31.1 Å². The topological polar surface area (TPSA) is 99.8 Å². The Kier molecular flexibility index (Phi) is 4.28. The van der Waals surface area contributed by atoms with Crippen molar-refractivity contribution >= 4 is 17.6 Å². The van der Waals surface area contributed by atoms with Crippen molar-refractivity contribution < 1.29 is 14.8 Å². The molecule has 0 bridgehead atoms. The third-order valence-corrected chi connectivity index (χ3v) is 4.03. The molecule has 0 atom stereocenters. The van der Waals surface area contributed by atoms with E-state index in [-0.39, 0.29) is 5.69 Å². The summed E-state index contributed by atoms with van der Waals surface area (Å²) in [6, 6.07) is 10.1. The fourth-order valence-electron chi connectivity index (χ4n) is 2.65. The molecule has 124 valence electrons. The lowest BCUT2D eigenvalue weighted by molar-refractivity contribution is -0.384. The number of non-ortho nitro benzene ring substituents is 1. The minimum atomic E-state index is -0.892. The number of rotatable bonds is 3. The summed E-state index contributed by atoms with van der Waals surface area (Å²) >= 11 is 0. The molecule has 1 aliphatic rings. The molecule has 1 fully saturated rings. The summed E-state index contributed by atoms with van der Waals surface area (Å²) in [6.07, 6.45) is 0.830. The zero-order valence-electron chi connectivity index (χ0n) is 12.8. The molecule has 1 saturated heterocycles. The van der Waals surface area contributed by atoms with E-state index in [1.165, 1.54) is 17.0 Å². The molecule has 0 aliphatic carbocycles. The van der Waals surface area contributed by atoms with Gasteiger partial charge in [-0.05, 0) is 29.8 Å². The predicted molar refractivity (Wildman–Crippen MR) is 88.1 cm³/mol. The molecule has 1 aromatic heterocycles. The van der Waals surface area contributed by atoms with Gasteiger partial charge in [0.1, 0.15) is 5.82 Å². The van der Waals surface area contributed by atoms with Gasteiger partial charge < -0.3 is 14.9 Å². The lowest BCUT2D eigenvalue weighted by atomic mass is 10.1. The van der Waals surface area contributed by atoms with E-state index in [1.807, 2.05) is 17.0 Å². The molecule has 8 heteroatoms. The molecule has 1 amide bonds. The Hall–Kier alpha value is -3.16. The Bertz CT molecular complexity index is 738. The molecule has 0 saturated carbocycles.